The highest BCUT2D eigenvalue weighted by atomic mass is 15.4. The quantitative estimate of drug-likeness (QED) is 0.433. The summed E-state index contributed by atoms with van der Waals surface area (Å²) in [5, 5.41) is 6.64. The summed E-state index contributed by atoms with van der Waals surface area (Å²) in [6.45, 7) is 0.712. The summed E-state index contributed by atoms with van der Waals surface area (Å²) in [6.07, 6.45) is 1.84. The van der Waals surface area contributed by atoms with Gasteiger partial charge in [-0.3, -0.25) is 5.01 Å². The third kappa shape index (κ3) is 4.20. The van der Waals surface area contributed by atoms with Gasteiger partial charge in [-0.15, -0.1) is 0 Å². The lowest BCUT2D eigenvalue weighted by Gasteiger charge is -2.19. The van der Waals surface area contributed by atoms with Crippen LogP contribution in [0.5, 0.6) is 0 Å². The second kappa shape index (κ2) is 7.27. The van der Waals surface area contributed by atoms with Crippen molar-refractivity contribution in [1.82, 2.24) is 0 Å². The van der Waals surface area contributed by atoms with Crippen molar-refractivity contribution in [2.24, 2.45) is 5.10 Å². The van der Waals surface area contributed by atoms with Crippen molar-refractivity contribution in [1.29, 1.82) is 0 Å². The van der Waals surface area contributed by atoms with Gasteiger partial charge in [0, 0.05) is 5.69 Å². The minimum absolute atomic E-state index is 0.712. The SMILES string of the molecule is Nc1cccc(/C=N/N(Cc2ccccc2)c2ccccc2)c1. The number of para-hydroxylation sites is 1. The van der Waals surface area contributed by atoms with Crippen LogP contribution in [0.2, 0.25) is 0 Å². The first-order valence-electron chi connectivity index (χ1n) is 7.57. The van der Waals surface area contributed by atoms with Gasteiger partial charge in [-0.2, -0.15) is 5.10 Å². The molecule has 3 aromatic rings. The zero-order valence-electron chi connectivity index (χ0n) is 12.8. The van der Waals surface area contributed by atoms with Gasteiger partial charge < -0.3 is 5.73 Å². The largest absolute Gasteiger partial charge is 0.399 e. The molecule has 0 bridgehead atoms. The molecule has 0 saturated heterocycles. The molecular formula is C20H19N3. The van der Waals surface area contributed by atoms with Crippen molar-refractivity contribution in [3.05, 3.63) is 96.1 Å². The zero-order chi connectivity index (χ0) is 15.9. The van der Waals surface area contributed by atoms with E-state index in [1.807, 2.05) is 71.9 Å². The lowest BCUT2D eigenvalue weighted by atomic mass is 10.2. The van der Waals surface area contributed by atoms with Crippen LogP contribution in [0, 0.1) is 0 Å². The Kier molecular flexibility index (Phi) is 4.69. The van der Waals surface area contributed by atoms with Crippen LogP contribution < -0.4 is 10.7 Å². The van der Waals surface area contributed by atoms with Gasteiger partial charge in [0.1, 0.15) is 0 Å². The number of hydrogen-bond donors (Lipinski definition) is 1. The molecule has 0 spiro atoms. The molecule has 0 aliphatic heterocycles. The molecule has 0 aliphatic carbocycles. The predicted octanol–water partition coefficient (Wildman–Crippen LogP) is 4.31. The van der Waals surface area contributed by atoms with E-state index in [1.54, 1.807) is 0 Å². The van der Waals surface area contributed by atoms with E-state index in [9.17, 15) is 0 Å². The number of hydrazone groups is 1. The van der Waals surface area contributed by atoms with Crippen molar-refractivity contribution in [3.63, 3.8) is 0 Å². The zero-order valence-corrected chi connectivity index (χ0v) is 12.8. The number of nitrogens with two attached hydrogens (primary N) is 1. The number of benzene rings is 3. The van der Waals surface area contributed by atoms with Crippen molar-refractivity contribution >= 4 is 17.6 Å². The van der Waals surface area contributed by atoms with Crippen LogP contribution in [-0.4, -0.2) is 6.21 Å². The highest BCUT2D eigenvalue weighted by Gasteiger charge is 2.05. The summed E-state index contributed by atoms with van der Waals surface area (Å²) >= 11 is 0. The third-order valence-corrected chi connectivity index (χ3v) is 3.49. The number of anilines is 2. The second-order valence-corrected chi connectivity index (χ2v) is 5.29. The number of nitrogens with zero attached hydrogens (tertiary/aromatic N) is 2. The van der Waals surface area contributed by atoms with Crippen LogP contribution in [-0.2, 0) is 6.54 Å². The van der Waals surface area contributed by atoms with Crippen LogP contribution in [0.3, 0.4) is 0 Å². The van der Waals surface area contributed by atoms with Crippen LogP contribution in [0.25, 0.3) is 0 Å². The molecule has 3 aromatic carbocycles. The Balaban J connectivity index is 1.86. The monoisotopic (exact) mass is 301 g/mol. The molecule has 0 aliphatic rings. The van der Waals surface area contributed by atoms with E-state index in [4.69, 9.17) is 5.73 Å². The van der Waals surface area contributed by atoms with Crippen LogP contribution in [0.4, 0.5) is 11.4 Å². The maximum Gasteiger partial charge on any atom is 0.0666 e. The molecule has 0 radical (unpaired) electrons. The maximum absolute atomic E-state index is 5.82. The summed E-state index contributed by atoms with van der Waals surface area (Å²) in [7, 11) is 0. The molecule has 3 nitrogen and oxygen atoms in total. The van der Waals surface area contributed by atoms with Crippen molar-refractivity contribution in [3.8, 4) is 0 Å². The molecule has 3 heteroatoms. The molecule has 0 aromatic heterocycles. The lowest BCUT2D eigenvalue weighted by Crippen LogP contribution is -2.16. The van der Waals surface area contributed by atoms with E-state index in [1.165, 1.54) is 5.56 Å². The van der Waals surface area contributed by atoms with Crippen LogP contribution in [0.1, 0.15) is 11.1 Å². The van der Waals surface area contributed by atoms with E-state index in [0.29, 0.717) is 6.54 Å². The summed E-state index contributed by atoms with van der Waals surface area (Å²) < 4.78 is 0. The minimum Gasteiger partial charge on any atom is -0.399 e. The lowest BCUT2D eigenvalue weighted by molar-refractivity contribution is 0.858. The van der Waals surface area contributed by atoms with Crippen LogP contribution >= 0.6 is 0 Å². The van der Waals surface area contributed by atoms with E-state index in [2.05, 4.69) is 29.4 Å². The normalized spacial score (nSPS) is 10.8. The number of hydrogen-bond acceptors (Lipinski definition) is 3. The first-order chi connectivity index (χ1) is 11.3. The Morgan fingerprint density at radius 2 is 1.52 bits per heavy atom. The number of rotatable bonds is 5. The Bertz CT molecular complexity index is 767. The van der Waals surface area contributed by atoms with Crippen molar-refractivity contribution in [2.45, 2.75) is 6.54 Å². The topological polar surface area (TPSA) is 41.6 Å². The van der Waals surface area contributed by atoms with Gasteiger partial charge in [-0.25, -0.2) is 0 Å². The molecule has 0 atom stereocenters. The highest BCUT2D eigenvalue weighted by Crippen LogP contribution is 2.17. The summed E-state index contributed by atoms with van der Waals surface area (Å²) in [5.41, 5.74) is 9.81. The summed E-state index contributed by atoms with van der Waals surface area (Å²) in [6, 6.07) is 28.2. The third-order valence-electron chi connectivity index (χ3n) is 3.49. The molecule has 3 rings (SSSR count). The summed E-state index contributed by atoms with van der Waals surface area (Å²) in [4.78, 5) is 0. The fourth-order valence-corrected chi connectivity index (χ4v) is 2.33. The molecule has 0 saturated carbocycles. The molecule has 114 valence electrons. The molecule has 2 N–H and O–H groups in total. The molecule has 0 amide bonds. The van der Waals surface area contributed by atoms with Gasteiger partial charge >= 0.3 is 0 Å². The molecule has 0 heterocycles. The average molecular weight is 301 g/mol. The fraction of sp³-hybridized carbons (Fsp3) is 0.0500. The molecule has 23 heavy (non-hydrogen) atoms. The van der Waals surface area contributed by atoms with Gasteiger partial charge in [0.2, 0.25) is 0 Å². The highest BCUT2D eigenvalue weighted by molar-refractivity contribution is 5.81. The first kappa shape index (κ1) is 14.9. The van der Waals surface area contributed by atoms with E-state index >= 15 is 0 Å². The number of nitrogen functional groups attached to an aromatic ring is 1. The maximum atomic E-state index is 5.82. The van der Waals surface area contributed by atoms with E-state index in [0.717, 1.165) is 16.9 Å². The Hall–Kier alpha value is -3.07. The van der Waals surface area contributed by atoms with Gasteiger partial charge in [0.05, 0.1) is 18.4 Å². The molecule has 0 unspecified atom stereocenters. The Labute approximate surface area is 136 Å². The fourth-order valence-electron chi connectivity index (χ4n) is 2.33. The molecule has 0 fully saturated rings. The van der Waals surface area contributed by atoms with Gasteiger partial charge in [-0.05, 0) is 35.4 Å². The van der Waals surface area contributed by atoms with Crippen molar-refractivity contribution in [2.75, 3.05) is 10.7 Å². The Morgan fingerprint density at radius 3 is 2.22 bits per heavy atom. The van der Waals surface area contributed by atoms with Gasteiger partial charge in [0.25, 0.3) is 0 Å². The van der Waals surface area contributed by atoms with E-state index < -0.39 is 0 Å². The van der Waals surface area contributed by atoms with Crippen LogP contribution in [0.15, 0.2) is 90.0 Å². The van der Waals surface area contributed by atoms with Crippen molar-refractivity contribution < 1.29 is 0 Å². The van der Waals surface area contributed by atoms with Gasteiger partial charge in [-0.1, -0.05) is 60.7 Å². The standard InChI is InChI=1S/C20H19N3/c21-19-11-7-10-18(14-19)15-22-23(20-12-5-2-6-13-20)16-17-8-3-1-4-9-17/h1-15H,16,21H2/b22-15+. The smallest absolute Gasteiger partial charge is 0.0666 e. The summed E-state index contributed by atoms with van der Waals surface area (Å²) in [5.74, 6) is 0. The van der Waals surface area contributed by atoms with Gasteiger partial charge in [0.15, 0.2) is 0 Å². The Morgan fingerprint density at radius 1 is 0.826 bits per heavy atom. The van der Waals surface area contributed by atoms with E-state index in [-0.39, 0.29) is 0 Å². The average Bonchev–Trinajstić information content (AvgIpc) is 2.60. The molecular weight excluding hydrogens is 282 g/mol. The second-order valence-electron chi connectivity index (χ2n) is 5.29. The first-order valence-corrected chi connectivity index (χ1v) is 7.57. The predicted molar refractivity (Wildman–Crippen MR) is 97.5 cm³/mol. The minimum atomic E-state index is 0.712.